The summed E-state index contributed by atoms with van der Waals surface area (Å²) < 4.78 is 27.6. The second-order valence-electron chi connectivity index (χ2n) is 6.53. The van der Waals surface area contributed by atoms with E-state index in [4.69, 9.17) is 5.21 Å². The van der Waals surface area contributed by atoms with E-state index >= 15 is 0 Å². The molecule has 1 aromatic heterocycles. The van der Waals surface area contributed by atoms with Crippen LogP contribution in [0.5, 0.6) is 5.75 Å². The van der Waals surface area contributed by atoms with Crippen molar-refractivity contribution in [3.63, 3.8) is 0 Å². The van der Waals surface area contributed by atoms with Gasteiger partial charge >= 0.3 is 0 Å². The van der Waals surface area contributed by atoms with E-state index in [2.05, 4.69) is 4.98 Å². The Labute approximate surface area is 158 Å². The predicted molar refractivity (Wildman–Crippen MR) is 98.2 cm³/mol. The first-order chi connectivity index (χ1) is 12.8. The molecule has 0 spiro atoms. The quantitative estimate of drug-likeness (QED) is 0.465. The number of phenols is 1. The van der Waals surface area contributed by atoms with Crippen LogP contribution in [0.4, 0.5) is 0 Å². The molecule has 0 aliphatic carbocycles. The van der Waals surface area contributed by atoms with E-state index < -0.39 is 22.0 Å². The van der Waals surface area contributed by atoms with Gasteiger partial charge in [0.05, 0.1) is 4.90 Å². The summed E-state index contributed by atoms with van der Waals surface area (Å²) in [6, 6.07) is 7.32. The predicted octanol–water partition coefficient (Wildman–Crippen LogP) is 1.90. The molecule has 1 atom stereocenters. The van der Waals surface area contributed by atoms with Crippen molar-refractivity contribution in [1.82, 2.24) is 14.8 Å². The van der Waals surface area contributed by atoms with E-state index in [0.717, 1.165) is 4.31 Å². The van der Waals surface area contributed by atoms with Crippen LogP contribution in [0.15, 0.2) is 53.7 Å². The summed E-state index contributed by atoms with van der Waals surface area (Å²) >= 11 is 0. The number of carbonyl (C=O) groups excluding carboxylic acids is 1. The highest BCUT2D eigenvalue weighted by molar-refractivity contribution is 7.89. The summed E-state index contributed by atoms with van der Waals surface area (Å²) in [5, 5.41) is 18.6. The molecule has 0 aliphatic rings. The third kappa shape index (κ3) is 5.25. The van der Waals surface area contributed by atoms with Crippen LogP contribution in [-0.2, 0) is 21.4 Å². The van der Waals surface area contributed by atoms with Gasteiger partial charge in [0.1, 0.15) is 11.8 Å². The van der Waals surface area contributed by atoms with Gasteiger partial charge < -0.3 is 5.11 Å². The molecule has 0 radical (unpaired) electrons. The number of pyridine rings is 1. The Morgan fingerprint density at radius 3 is 2.41 bits per heavy atom. The lowest BCUT2D eigenvalue weighted by atomic mass is 10.0. The van der Waals surface area contributed by atoms with Crippen molar-refractivity contribution in [2.24, 2.45) is 5.92 Å². The summed E-state index contributed by atoms with van der Waals surface area (Å²) in [4.78, 5) is 16.2. The lowest BCUT2D eigenvalue weighted by Crippen LogP contribution is -2.49. The minimum atomic E-state index is -4.09. The van der Waals surface area contributed by atoms with Gasteiger partial charge in [0.15, 0.2) is 0 Å². The highest BCUT2D eigenvalue weighted by atomic mass is 32.2. The van der Waals surface area contributed by atoms with Gasteiger partial charge in [-0.1, -0.05) is 19.9 Å². The molecule has 1 heterocycles. The van der Waals surface area contributed by atoms with Crippen LogP contribution in [0, 0.1) is 5.92 Å². The van der Waals surface area contributed by atoms with E-state index in [1.165, 1.54) is 30.5 Å². The molecule has 0 saturated heterocycles. The van der Waals surface area contributed by atoms with E-state index in [1.54, 1.807) is 23.8 Å². The van der Waals surface area contributed by atoms with Gasteiger partial charge in [0.25, 0.3) is 5.91 Å². The summed E-state index contributed by atoms with van der Waals surface area (Å²) in [7, 11) is -4.09. The Morgan fingerprint density at radius 2 is 1.89 bits per heavy atom. The number of hydrogen-bond acceptors (Lipinski definition) is 6. The summed E-state index contributed by atoms with van der Waals surface area (Å²) in [6.07, 6.45) is 3.29. The molecule has 0 saturated carbocycles. The van der Waals surface area contributed by atoms with Crippen LogP contribution in [-0.4, -0.2) is 40.0 Å². The third-order valence-electron chi connectivity index (χ3n) is 3.96. The van der Waals surface area contributed by atoms with Crippen LogP contribution in [0.25, 0.3) is 0 Å². The maximum absolute atomic E-state index is 13.3. The van der Waals surface area contributed by atoms with Crippen LogP contribution < -0.4 is 5.48 Å². The number of carbonyl (C=O) groups is 1. The van der Waals surface area contributed by atoms with Gasteiger partial charge in [-0.2, -0.15) is 4.31 Å². The Balaban J connectivity index is 2.53. The van der Waals surface area contributed by atoms with E-state index in [0.29, 0.717) is 5.56 Å². The fraction of sp³-hybridized carbons (Fsp3) is 0.333. The number of sulfonamides is 1. The zero-order chi connectivity index (χ0) is 20.0. The van der Waals surface area contributed by atoms with Gasteiger partial charge in [-0.15, -0.1) is 0 Å². The van der Waals surface area contributed by atoms with Gasteiger partial charge in [0.2, 0.25) is 10.0 Å². The number of hydrogen-bond donors (Lipinski definition) is 3. The van der Waals surface area contributed by atoms with Gasteiger partial charge in [0, 0.05) is 18.9 Å². The molecule has 1 amide bonds. The molecule has 8 nitrogen and oxygen atoms in total. The van der Waals surface area contributed by atoms with Crippen molar-refractivity contribution in [2.45, 2.75) is 37.8 Å². The van der Waals surface area contributed by atoms with Crippen LogP contribution in [0.2, 0.25) is 0 Å². The van der Waals surface area contributed by atoms with Crippen molar-refractivity contribution in [3.05, 3.63) is 54.4 Å². The molecular formula is C18H23N3O5S. The van der Waals surface area contributed by atoms with E-state index in [1.807, 2.05) is 13.8 Å². The molecule has 0 aliphatic heterocycles. The van der Waals surface area contributed by atoms with Crippen molar-refractivity contribution in [2.75, 3.05) is 0 Å². The maximum atomic E-state index is 13.3. The van der Waals surface area contributed by atoms with Crippen molar-refractivity contribution in [3.8, 4) is 5.75 Å². The molecule has 0 bridgehead atoms. The SMILES string of the molecule is CC(C)C[C@@H](C(=O)NO)N(Cc1cccnc1)S(=O)(=O)c1ccc(O)cc1. The molecule has 1 aromatic carbocycles. The fourth-order valence-corrected chi connectivity index (χ4v) is 4.25. The second kappa shape index (κ2) is 8.94. The minimum absolute atomic E-state index is 0.00119. The first kappa shape index (κ1) is 20.8. The molecule has 146 valence electrons. The van der Waals surface area contributed by atoms with Crippen molar-refractivity contribution < 1.29 is 23.5 Å². The lowest BCUT2D eigenvalue weighted by Gasteiger charge is -2.30. The summed E-state index contributed by atoms with van der Waals surface area (Å²) in [5.41, 5.74) is 2.17. The molecule has 2 rings (SSSR count). The maximum Gasteiger partial charge on any atom is 0.261 e. The zero-order valence-electron chi connectivity index (χ0n) is 15.1. The van der Waals surface area contributed by atoms with Crippen LogP contribution in [0.3, 0.4) is 0 Å². The highest BCUT2D eigenvalue weighted by Crippen LogP contribution is 2.25. The van der Waals surface area contributed by atoms with Crippen molar-refractivity contribution >= 4 is 15.9 Å². The monoisotopic (exact) mass is 393 g/mol. The number of amides is 1. The Bertz CT molecular complexity index is 854. The number of nitrogens with zero attached hydrogens (tertiary/aromatic N) is 2. The summed E-state index contributed by atoms with van der Waals surface area (Å²) in [6.45, 7) is 3.61. The number of phenolic OH excluding ortho intramolecular Hbond substituents is 1. The minimum Gasteiger partial charge on any atom is -0.508 e. The Morgan fingerprint density at radius 1 is 1.22 bits per heavy atom. The molecular weight excluding hydrogens is 370 g/mol. The van der Waals surface area contributed by atoms with Gasteiger partial charge in [-0.25, -0.2) is 13.9 Å². The molecule has 3 N–H and O–H groups in total. The van der Waals surface area contributed by atoms with Crippen molar-refractivity contribution in [1.29, 1.82) is 0 Å². The van der Waals surface area contributed by atoms with Crippen LogP contribution in [0.1, 0.15) is 25.8 Å². The molecule has 2 aromatic rings. The highest BCUT2D eigenvalue weighted by Gasteiger charge is 2.36. The zero-order valence-corrected chi connectivity index (χ0v) is 15.9. The second-order valence-corrected chi connectivity index (χ2v) is 8.42. The average Bonchev–Trinajstić information content (AvgIpc) is 2.64. The number of aromatic hydroxyl groups is 1. The number of aromatic nitrogens is 1. The van der Waals surface area contributed by atoms with E-state index in [-0.39, 0.29) is 29.5 Å². The molecule has 9 heteroatoms. The Kier molecular flexibility index (Phi) is 6.89. The normalized spacial score (nSPS) is 12.9. The molecule has 0 unspecified atom stereocenters. The molecule has 0 fully saturated rings. The average molecular weight is 393 g/mol. The summed E-state index contributed by atoms with van der Waals surface area (Å²) in [5.74, 6) is -0.881. The molecule has 27 heavy (non-hydrogen) atoms. The number of benzene rings is 1. The third-order valence-corrected chi connectivity index (χ3v) is 5.83. The lowest BCUT2D eigenvalue weighted by molar-refractivity contribution is -0.133. The van der Waals surface area contributed by atoms with Gasteiger partial charge in [-0.3, -0.25) is 15.0 Å². The van der Waals surface area contributed by atoms with Crippen LogP contribution >= 0.6 is 0 Å². The van der Waals surface area contributed by atoms with E-state index in [9.17, 15) is 18.3 Å². The van der Waals surface area contributed by atoms with Gasteiger partial charge in [-0.05, 0) is 48.2 Å². The number of rotatable bonds is 8. The number of hydroxylamine groups is 1. The Hall–Kier alpha value is -2.49. The smallest absolute Gasteiger partial charge is 0.261 e. The topological polar surface area (TPSA) is 120 Å². The first-order valence-corrected chi connectivity index (χ1v) is 9.83. The largest absolute Gasteiger partial charge is 0.508 e. The fourth-order valence-electron chi connectivity index (χ4n) is 2.66. The standard InChI is InChI=1S/C18H23N3O5S/c1-13(2)10-17(18(23)20-24)21(12-14-4-3-9-19-11-14)27(25,26)16-7-5-15(22)6-8-16/h3-9,11,13,17,22,24H,10,12H2,1-2H3,(H,20,23)/t17-/m0/s1. The first-order valence-electron chi connectivity index (χ1n) is 8.39. The number of nitrogens with one attached hydrogen (secondary N) is 1.